The van der Waals surface area contributed by atoms with Gasteiger partial charge in [-0.3, -0.25) is 9.59 Å². The van der Waals surface area contributed by atoms with Gasteiger partial charge in [0.25, 0.3) is 0 Å². The Morgan fingerprint density at radius 3 is 2.71 bits per heavy atom. The predicted molar refractivity (Wildman–Crippen MR) is 47.1 cm³/mol. The van der Waals surface area contributed by atoms with Crippen LogP contribution in [0.3, 0.4) is 0 Å². The third-order valence-corrected chi connectivity index (χ3v) is 2.91. The zero-order chi connectivity index (χ0) is 11.0. The van der Waals surface area contributed by atoms with Crippen LogP contribution in [0.1, 0.15) is 26.7 Å². The van der Waals surface area contributed by atoms with Crippen molar-refractivity contribution in [2.45, 2.75) is 32.2 Å². The number of carboxylic acids is 1. The summed E-state index contributed by atoms with van der Waals surface area (Å²) in [5.41, 5.74) is -1.91. The van der Waals surface area contributed by atoms with Gasteiger partial charge < -0.3 is 10.4 Å². The Hall–Kier alpha value is -1.57. The Bertz CT molecular complexity index is 333. The number of hydrogen-bond acceptors (Lipinski definition) is 3. The smallest absolute Gasteiger partial charge is 0.304 e. The van der Waals surface area contributed by atoms with Crippen LogP contribution in [-0.4, -0.2) is 22.5 Å². The minimum absolute atomic E-state index is 0.0867. The normalized spacial score (nSPS) is 36.2. The molecule has 1 saturated heterocycles. The Morgan fingerprint density at radius 2 is 2.29 bits per heavy atom. The van der Waals surface area contributed by atoms with Crippen LogP contribution in [0.2, 0.25) is 0 Å². The van der Waals surface area contributed by atoms with Crippen LogP contribution in [0.5, 0.6) is 0 Å². The minimum atomic E-state index is -1.08. The number of nitrogens with zero attached hydrogens (tertiary/aromatic N) is 1. The van der Waals surface area contributed by atoms with E-state index in [2.05, 4.69) is 5.32 Å². The molecule has 2 atom stereocenters. The van der Waals surface area contributed by atoms with Gasteiger partial charge in [-0.05, 0) is 6.92 Å². The molecule has 5 nitrogen and oxygen atoms in total. The van der Waals surface area contributed by atoms with E-state index in [9.17, 15) is 9.59 Å². The molecular formula is C9H12N2O3. The lowest BCUT2D eigenvalue weighted by atomic mass is 9.71. The zero-order valence-electron chi connectivity index (χ0n) is 8.13. The number of nitrogens with one attached hydrogen (secondary N) is 1. The first-order valence-corrected chi connectivity index (χ1v) is 4.27. The van der Waals surface area contributed by atoms with Crippen molar-refractivity contribution in [1.82, 2.24) is 5.32 Å². The summed E-state index contributed by atoms with van der Waals surface area (Å²) in [5.74, 6) is -1.26. The summed E-state index contributed by atoms with van der Waals surface area (Å²) in [5, 5.41) is 20.2. The molecule has 0 aromatic rings. The van der Waals surface area contributed by atoms with Gasteiger partial charge in [0.05, 0.1) is 12.5 Å². The number of aliphatic carboxylic acids is 1. The predicted octanol–water partition coefficient (Wildman–Crippen LogP) is 0.270. The van der Waals surface area contributed by atoms with Crippen LogP contribution in [0, 0.1) is 16.7 Å². The topological polar surface area (TPSA) is 90.2 Å². The van der Waals surface area contributed by atoms with Gasteiger partial charge in [0.1, 0.15) is 5.54 Å². The van der Waals surface area contributed by atoms with Gasteiger partial charge in [0.15, 0.2) is 0 Å². The highest BCUT2D eigenvalue weighted by Crippen LogP contribution is 2.42. The molecule has 0 spiro atoms. The fourth-order valence-electron chi connectivity index (χ4n) is 1.74. The van der Waals surface area contributed by atoms with E-state index in [-0.39, 0.29) is 18.7 Å². The lowest BCUT2D eigenvalue weighted by molar-refractivity contribution is -0.140. The molecule has 1 rings (SSSR count). The Labute approximate surface area is 81.7 Å². The van der Waals surface area contributed by atoms with E-state index >= 15 is 0 Å². The first-order valence-electron chi connectivity index (χ1n) is 4.27. The number of carbonyl (C=O) groups excluding carboxylic acids is 1. The van der Waals surface area contributed by atoms with Crippen LogP contribution in [-0.2, 0) is 9.59 Å². The molecule has 5 heteroatoms. The highest BCUT2D eigenvalue weighted by molar-refractivity contribution is 5.83. The van der Waals surface area contributed by atoms with Crippen LogP contribution in [0.15, 0.2) is 0 Å². The molecule has 2 N–H and O–H groups in total. The molecule has 0 aromatic carbocycles. The average molecular weight is 196 g/mol. The molecule has 14 heavy (non-hydrogen) atoms. The second-order valence-electron chi connectivity index (χ2n) is 4.09. The molecule has 1 fully saturated rings. The lowest BCUT2D eigenvalue weighted by Crippen LogP contribution is -2.48. The maximum absolute atomic E-state index is 11.2. The van der Waals surface area contributed by atoms with E-state index < -0.39 is 16.9 Å². The maximum atomic E-state index is 11.2. The van der Waals surface area contributed by atoms with Crippen molar-refractivity contribution in [3.8, 4) is 6.07 Å². The fraction of sp³-hybridized carbons (Fsp3) is 0.667. The Morgan fingerprint density at radius 1 is 1.71 bits per heavy atom. The summed E-state index contributed by atoms with van der Waals surface area (Å²) < 4.78 is 0. The van der Waals surface area contributed by atoms with Crippen molar-refractivity contribution in [3.63, 3.8) is 0 Å². The van der Waals surface area contributed by atoms with Crippen molar-refractivity contribution >= 4 is 11.9 Å². The number of carbonyl (C=O) groups is 2. The summed E-state index contributed by atoms with van der Waals surface area (Å²) in [4.78, 5) is 21.8. The van der Waals surface area contributed by atoms with Crippen LogP contribution in [0.4, 0.5) is 0 Å². The largest absolute Gasteiger partial charge is 0.481 e. The molecular weight excluding hydrogens is 184 g/mol. The zero-order valence-corrected chi connectivity index (χ0v) is 8.13. The third kappa shape index (κ3) is 1.43. The van der Waals surface area contributed by atoms with Crippen molar-refractivity contribution in [2.75, 3.05) is 0 Å². The molecule has 0 aliphatic carbocycles. The highest BCUT2D eigenvalue weighted by Gasteiger charge is 2.53. The van der Waals surface area contributed by atoms with Gasteiger partial charge in [-0.1, -0.05) is 6.92 Å². The van der Waals surface area contributed by atoms with Crippen molar-refractivity contribution in [3.05, 3.63) is 0 Å². The molecule has 76 valence electrons. The van der Waals surface area contributed by atoms with E-state index in [1.807, 2.05) is 6.07 Å². The average Bonchev–Trinajstić information content (AvgIpc) is 2.21. The van der Waals surface area contributed by atoms with Gasteiger partial charge in [-0.2, -0.15) is 5.26 Å². The standard InChI is InChI=1S/C9H12N2O3/c1-8(4-7(13)14)3-6(12)11-9(8,2)5-10/h3-4H2,1-2H3,(H,11,12)(H,13,14). The van der Waals surface area contributed by atoms with Gasteiger partial charge in [0, 0.05) is 11.8 Å². The molecule has 2 unspecified atom stereocenters. The second kappa shape index (κ2) is 2.98. The lowest BCUT2D eigenvalue weighted by Gasteiger charge is -2.32. The quantitative estimate of drug-likeness (QED) is 0.663. The summed E-state index contributed by atoms with van der Waals surface area (Å²) in [7, 11) is 0. The Kier molecular flexibility index (Phi) is 2.24. The number of rotatable bonds is 2. The van der Waals surface area contributed by atoms with E-state index in [0.29, 0.717) is 0 Å². The second-order valence-corrected chi connectivity index (χ2v) is 4.09. The van der Waals surface area contributed by atoms with Gasteiger partial charge in [-0.15, -0.1) is 0 Å². The van der Waals surface area contributed by atoms with Gasteiger partial charge in [-0.25, -0.2) is 0 Å². The first kappa shape index (κ1) is 10.5. The minimum Gasteiger partial charge on any atom is -0.481 e. The van der Waals surface area contributed by atoms with E-state index in [1.165, 1.54) is 0 Å². The van der Waals surface area contributed by atoms with Crippen molar-refractivity contribution < 1.29 is 14.7 Å². The molecule has 0 aromatic heterocycles. The monoisotopic (exact) mass is 196 g/mol. The van der Waals surface area contributed by atoms with Crippen LogP contribution in [0.25, 0.3) is 0 Å². The molecule has 1 heterocycles. The first-order chi connectivity index (χ1) is 6.33. The molecule has 1 aliphatic rings. The third-order valence-electron chi connectivity index (χ3n) is 2.91. The van der Waals surface area contributed by atoms with Crippen LogP contribution < -0.4 is 5.32 Å². The van der Waals surface area contributed by atoms with E-state index in [0.717, 1.165) is 0 Å². The molecule has 1 aliphatic heterocycles. The molecule has 1 amide bonds. The van der Waals surface area contributed by atoms with Gasteiger partial charge in [0.2, 0.25) is 5.91 Å². The van der Waals surface area contributed by atoms with E-state index in [4.69, 9.17) is 10.4 Å². The fourth-order valence-corrected chi connectivity index (χ4v) is 1.74. The SMILES string of the molecule is CC1(CC(=O)O)CC(=O)NC1(C)C#N. The van der Waals surface area contributed by atoms with Gasteiger partial charge >= 0.3 is 5.97 Å². The number of hydrogen-bond donors (Lipinski definition) is 2. The summed E-state index contributed by atoms with van der Waals surface area (Å²) in [6.45, 7) is 3.20. The highest BCUT2D eigenvalue weighted by atomic mass is 16.4. The maximum Gasteiger partial charge on any atom is 0.304 e. The molecule has 0 bridgehead atoms. The van der Waals surface area contributed by atoms with Crippen molar-refractivity contribution in [1.29, 1.82) is 5.26 Å². The Balaban J connectivity index is 3.02. The number of amides is 1. The summed E-state index contributed by atoms with van der Waals surface area (Å²) in [6, 6.07) is 1.97. The molecule has 0 radical (unpaired) electrons. The van der Waals surface area contributed by atoms with Crippen molar-refractivity contribution in [2.24, 2.45) is 5.41 Å². The summed E-state index contributed by atoms with van der Waals surface area (Å²) in [6.07, 6.45) is -0.0981. The number of carboxylic acid groups (broad SMARTS) is 1. The molecule has 0 saturated carbocycles. The van der Waals surface area contributed by atoms with E-state index in [1.54, 1.807) is 13.8 Å². The summed E-state index contributed by atoms with van der Waals surface area (Å²) >= 11 is 0. The van der Waals surface area contributed by atoms with Crippen LogP contribution >= 0.6 is 0 Å². The number of nitriles is 1.